The molecule has 1 aromatic carbocycles. The molecule has 0 aliphatic heterocycles. The molecule has 7 heteroatoms. The minimum absolute atomic E-state index is 0. The molecule has 1 aromatic rings. The Labute approximate surface area is 141 Å². The highest BCUT2D eigenvalue weighted by Crippen LogP contribution is 2.24. The molecule has 1 saturated carbocycles. The number of ether oxygens (including phenoxy) is 1. The van der Waals surface area contributed by atoms with Crippen molar-refractivity contribution in [3.63, 3.8) is 0 Å². The lowest BCUT2D eigenvalue weighted by Crippen LogP contribution is -2.45. The fourth-order valence-corrected chi connectivity index (χ4v) is 2.97. The molecule has 1 amide bonds. The van der Waals surface area contributed by atoms with Gasteiger partial charge >= 0.3 is 6.61 Å². The number of alkyl halides is 2. The highest BCUT2D eigenvalue weighted by atomic mass is 35.5. The molecular weight excluding hydrogens is 326 g/mol. The first-order chi connectivity index (χ1) is 10.6. The zero-order valence-corrected chi connectivity index (χ0v) is 13.7. The Hall–Kier alpha value is -1.40. The number of carbonyl (C=O) groups excluding carboxylic acids is 1. The smallest absolute Gasteiger partial charge is 0.387 e. The van der Waals surface area contributed by atoms with E-state index in [4.69, 9.17) is 5.73 Å². The van der Waals surface area contributed by atoms with E-state index in [1.165, 1.54) is 6.07 Å². The number of para-hydroxylation sites is 1. The van der Waals surface area contributed by atoms with Crippen LogP contribution in [0.25, 0.3) is 0 Å². The number of nitrogens with two attached hydrogens (primary N) is 1. The minimum atomic E-state index is -2.90. The van der Waals surface area contributed by atoms with Crippen LogP contribution in [-0.2, 0) is 11.2 Å². The number of rotatable bonds is 6. The van der Waals surface area contributed by atoms with E-state index in [0.29, 0.717) is 18.0 Å². The van der Waals surface area contributed by atoms with Crippen molar-refractivity contribution < 1.29 is 18.3 Å². The summed E-state index contributed by atoms with van der Waals surface area (Å²) in [5.74, 6) is 0.160. The van der Waals surface area contributed by atoms with E-state index >= 15 is 0 Å². The highest BCUT2D eigenvalue weighted by molar-refractivity contribution is 5.85. The zero-order valence-electron chi connectivity index (χ0n) is 12.8. The van der Waals surface area contributed by atoms with Gasteiger partial charge in [-0.1, -0.05) is 31.0 Å². The topological polar surface area (TPSA) is 64.3 Å². The Bertz CT molecular complexity index is 503. The van der Waals surface area contributed by atoms with E-state index in [1.54, 1.807) is 18.2 Å². The number of hydrogen-bond acceptors (Lipinski definition) is 3. The number of halogens is 3. The van der Waals surface area contributed by atoms with E-state index in [2.05, 4.69) is 10.1 Å². The van der Waals surface area contributed by atoms with Gasteiger partial charge in [-0.15, -0.1) is 12.4 Å². The van der Waals surface area contributed by atoms with Gasteiger partial charge in [0.2, 0.25) is 5.91 Å². The Morgan fingerprint density at radius 1 is 1.30 bits per heavy atom. The second-order valence-electron chi connectivity index (χ2n) is 5.62. The van der Waals surface area contributed by atoms with Crippen LogP contribution in [0.2, 0.25) is 0 Å². The molecule has 0 aromatic heterocycles. The summed E-state index contributed by atoms with van der Waals surface area (Å²) in [5, 5.41) is 2.99. The van der Waals surface area contributed by atoms with E-state index in [9.17, 15) is 13.6 Å². The molecule has 0 bridgehead atoms. The van der Waals surface area contributed by atoms with Crippen molar-refractivity contribution in [1.29, 1.82) is 0 Å². The molecule has 1 fully saturated rings. The predicted molar refractivity (Wildman–Crippen MR) is 87.0 cm³/mol. The first-order valence-electron chi connectivity index (χ1n) is 7.62. The largest absolute Gasteiger partial charge is 0.435 e. The van der Waals surface area contributed by atoms with Crippen molar-refractivity contribution in [1.82, 2.24) is 5.32 Å². The summed E-state index contributed by atoms with van der Waals surface area (Å²) >= 11 is 0. The summed E-state index contributed by atoms with van der Waals surface area (Å²) in [6, 6.07) is 6.44. The van der Waals surface area contributed by atoms with Crippen LogP contribution in [0, 0.1) is 5.92 Å². The molecule has 23 heavy (non-hydrogen) atoms. The first kappa shape index (κ1) is 19.6. The molecule has 1 aliphatic carbocycles. The lowest BCUT2D eigenvalue weighted by Gasteiger charge is -2.31. The van der Waals surface area contributed by atoms with Crippen molar-refractivity contribution in [3.8, 4) is 5.75 Å². The maximum absolute atomic E-state index is 12.4. The third-order valence-electron chi connectivity index (χ3n) is 4.10. The summed E-state index contributed by atoms with van der Waals surface area (Å²) in [7, 11) is 0. The number of nitrogens with one attached hydrogen (secondary N) is 1. The standard InChI is InChI=1S/C16H22F2N2O2.ClH/c17-16(18)22-14-8-4-2-5-11(14)9-15(21)20-13-7-3-1-6-12(13)10-19;/h2,4-5,8,12-13,16H,1,3,6-7,9-10,19H2,(H,20,21);1H. The summed E-state index contributed by atoms with van der Waals surface area (Å²) in [5.41, 5.74) is 6.20. The van der Waals surface area contributed by atoms with Crippen LogP contribution in [-0.4, -0.2) is 25.1 Å². The molecule has 0 heterocycles. The number of amides is 1. The molecule has 2 atom stereocenters. The van der Waals surface area contributed by atoms with Crippen molar-refractivity contribution >= 4 is 18.3 Å². The van der Waals surface area contributed by atoms with E-state index in [1.807, 2.05) is 0 Å². The molecule has 2 unspecified atom stereocenters. The third kappa shape index (κ3) is 5.95. The molecule has 1 aliphatic rings. The number of hydrogen-bond donors (Lipinski definition) is 2. The summed E-state index contributed by atoms with van der Waals surface area (Å²) in [6.07, 6.45) is 4.18. The Balaban J connectivity index is 0.00000264. The second-order valence-corrected chi connectivity index (χ2v) is 5.62. The van der Waals surface area contributed by atoms with Crippen LogP contribution in [0.5, 0.6) is 5.75 Å². The second kappa shape index (κ2) is 9.67. The fourth-order valence-electron chi connectivity index (χ4n) is 2.97. The van der Waals surface area contributed by atoms with Gasteiger partial charge in [-0.25, -0.2) is 0 Å². The molecule has 130 valence electrons. The maximum atomic E-state index is 12.4. The zero-order chi connectivity index (χ0) is 15.9. The lowest BCUT2D eigenvalue weighted by molar-refractivity contribution is -0.121. The summed E-state index contributed by atoms with van der Waals surface area (Å²) in [6.45, 7) is -2.35. The quantitative estimate of drug-likeness (QED) is 0.830. The van der Waals surface area contributed by atoms with Crippen LogP contribution < -0.4 is 15.8 Å². The third-order valence-corrected chi connectivity index (χ3v) is 4.10. The molecular formula is C16H23ClF2N2O2. The van der Waals surface area contributed by atoms with Gasteiger partial charge in [-0.3, -0.25) is 4.79 Å². The summed E-state index contributed by atoms with van der Waals surface area (Å²) < 4.78 is 29.2. The Kier molecular flexibility index (Phi) is 8.26. The van der Waals surface area contributed by atoms with Gasteiger partial charge in [-0.05, 0) is 31.4 Å². The molecule has 4 nitrogen and oxygen atoms in total. The normalized spacial score (nSPS) is 20.7. The average molecular weight is 349 g/mol. The average Bonchev–Trinajstić information content (AvgIpc) is 2.49. The highest BCUT2D eigenvalue weighted by Gasteiger charge is 2.25. The van der Waals surface area contributed by atoms with E-state index < -0.39 is 6.61 Å². The Morgan fingerprint density at radius 2 is 2.00 bits per heavy atom. The number of benzene rings is 1. The SMILES string of the molecule is Cl.NCC1CCCCC1NC(=O)Cc1ccccc1OC(F)F. The molecule has 0 radical (unpaired) electrons. The monoisotopic (exact) mass is 348 g/mol. The summed E-state index contributed by atoms with van der Waals surface area (Å²) in [4.78, 5) is 12.2. The van der Waals surface area contributed by atoms with E-state index in [-0.39, 0.29) is 36.5 Å². The molecule has 3 N–H and O–H groups in total. The fraction of sp³-hybridized carbons (Fsp3) is 0.562. The van der Waals surface area contributed by atoms with Gasteiger partial charge in [-0.2, -0.15) is 8.78 Å². The van der Waals surface area contributed by atoms with E-state index in [0.717, 1.165) is 25.7 Å². The minimum Gasteiger partial charge on any atom is -0.435 e. The van der Waals surface area contributed by atoms with Crippen LogP contribution in [0.15, 0.2) is 24.3 Å². The lowest BCUT2D eigenvalue weighted by atomic mass is 9.84. The van der Waals surface area contributed by atoms with Gasteiger partial charge < -0.3 is 15.8 Å². The van der Waals surface area contributed by atoms with Gasteiger partial charge in [0, 0.05) is 11.6 Å². The van der Waals surface area contributed by atoms with Crippen molar-refractivity contribution in [2.45, 2.75) is 44.8 Å². The van der Waals surface area contributed by atoms with Crippen LogP contribution in [0.3, 0.4) is 0 Å². The van der Waals surface area contributed by atoms with Crippen molar-refractivity contribution in [2.24, 2.45) is 11.7 Å². The van der Waals surface area contributed by atoms with Crippen LogP contribution >= 0.6 is 12.4 Å². The van der Waals surface area contributed by atoms with Crippen molar-refractivity contribution in [3.05, 3.63) is 29.8 Å². The Morgan fingerprint density at radius 3 is 2.70 bits per heavy atom. The van der Waals surface area contributed by atoms with Gasteiger partial charge in [0.05, 0.1) is 6.42 Å². The van der Waals surface area contributed by atoms with Crippen molar-refractivity contribution in [2.75, 3.05) is 6.54 Å². The molecule has 0 saturated heterocycles. The number of carbonyl (C=O) groups is 1. The van der Waals surface area contributed by atoms with Gasteiger partial charge in [0.15, 0.2) is 0 Å². The predicted octanol–water partition coefficient (Wildman–Crippen LogP) is 2.89. The van der Waals surface area contributed by atoms with Crippen LogP contribution in [0.4, 0.5) is 8.78 Å². The first-order valence-corrected chi connectivity index (χ1v) is 7.62. The van der Waals surface area contributed by atoms with Gasteiger partial charge in [0.25, 0.3) is 0 Å². The maximum Gasteiger partial charge on any atom is 0.387 e. The van der Waals surface area contributed by atoms with Crippen LogP contribution in [0.1, 0.15) is 31.2 Å². The molecule has 2 rings (SSSR count). The van der Waals surface area contributed by atoms with Gasteiger partial charge in [0.1, 0.15) is 5.75 Å². The molecule has 0 spiro atoms.